The second kappa shape index (κ2) is 6.43. The van der Waals surface area contributed by atoms with E-state index in [2.05, 4.69) is 4.98 Å². The number of hydrogen-bond donors (Lipinski definition) is 1. The molecule has 1 aromatic heterocycles. The lowest BCUT2D eigenvalue weighted by Gasteiger charge is -2.13. The number of aromatic nitrogens is 1. The molecule has 3 nitrogen and oxygen atoms in total. The summed E-state index contributed by atoms with van der Waals surface area (Å²) in [6, 6.07) is 4.79. The van der Waals surface area contributed by atoms with Crippen LogP contribution in [0.4, 0.5) is 8.78 Å². The van der Waals surface area contributed by atoms with E-state index < -0.39 is 17.7 Å². The van der Waals surface area contributed by atoms with E-state index in [0.717, 1.165) is 11.6 Å². The maximum absolute atomic E-state index is 13.1. The van der Waals surface area contributed by atoms with Crippen molar-refractivity contribution in [3.8, 4) is 5.75 Å². The number of ether oxygens (including phenoxy) is 1. The molecule has 0 amide bonds. The first-order chi connectivity index (χ1) is 9.58. The molecule has 1 unspecified atom stereocenters. The third kappa shape index (κ3) is 3.74. The van der Waals surface area contributed by atoms with Gasteiger partial charge in [-0.1, -0.05) is 0 Å². The molecule has 0 aliphatic carbocycles. The van der Waals surface area contributed by atoms with Crippen LogP contribution in [0.3, 0.4) is 0 Å². The van der Waals surface area contributed by atoms with Gasteiger partial charge in [-0.3, -0.25) is 4.98 Å². The van der Waals surface area contributed by atoms with Crippen LogP contribution in [0.1, 0.15) is 24.1 Å². The monoisotopic (exact) mass is 278 g/mol. The molecule has 5 heteroatoms. The van der Waals surface area contributed by atoms with Crippen LogP contribution >= 0.6 is 0 Å². The van der Waals surface area contributed by atoms with Gasteiger partial charge in [-0.05, 0) is 42.7 Å². The SMILES string of the molecule is CCOc1cncc(C(N)Cc2cc(F)cc(F)c2)c1. The molecule has 0 spiro atoms. The van der Waals surface area contributed by atoms with E-state index in [1.807, 2.05) is 6.92 Å². The molecule has 1 aromatic carbocycles. The van der Waals surface area contributed by atoms with E-state index >= 15 is 0 Å². The summed E-state index contributed by atoms with van der Waals surface area (Å²) in [5.74, 6) is -0.576. The van der Waals surface area contributed by atoms with Crippen LogP contribution in [0.15, 0.2) is 36.7 Å². The van der Waals surface area contributed by atoms with E-state index in [-0.39, 0.29) is 0 Å². The van der Waals surface area contributed by atoms with Crippen molar-refractivity contribution in [1.29, 1.82) is 0 Å². The van der Waals surface area contributed by atoms with Crippen LogP contribution in [0.25, 0.3) is 0 Å². The van der Waals surface area contributed by atoms with Gasteiger partial charge in [-0.15, -0.1) is 0 Å². The van der Waals surface area contributed by atoms with Gasteiger partial charge in [0.25, 0.3) is 0 Å². The third-order valence-corrected chi connectivity index (χ3v) is 2.85. The first-order valence-corrected chi connectivity index (χ1v) is 6.36. The summed E-state index contributed by atoms with van der Waals surface area (Å²) in [6.45, 7) is 2.41. The zero-order valence-corrected chi connectivity index (χ0v) is 11.1. The van der Waals surface area contributed by atoms with E-state index in [9.17, 15) is 8.78 Å². The molecule has 2 N–H and O–H groups in total. The molecule has 0 bridgehead atoms. The summed E-state index contributed by atoms with van der Waals surface area (Å²) in [5.41, 5.74) is 7.33. The lowest BCUT2D eigenvalue weighted by molar-refractivity contribution is 0.338. The summed E-state index contributed by atoms with van der Waals surface area (Å²) in [7, 11) is 0. The average Bonchev–Trinajstić information content (AvgIpc) is 2.38. The molecule has 20 heavy (non-hydrogen) atoms. The molecule has 0 aliphatic rings. The smallest absolute Gasteiger partial charge is 0.137 e. The quantitative estimate of drug-likeness (QED) is 0.914. The first-order valence-electron chi connectivity index (χ1n) is 6.36. The van der Waals surface area contributed by atoms with E-state index in [4.69, 9.17) is 10.5 Å². The van der Waals surface area contributed by atoms with Gasteiger partial charge in [0.15, 0.2) is 0 Å². The fourth-order valence-electron chi connectivity index (χ4n) is 1.98. The Kier molecular flexibility index (Phi) is 4.63. The van der Waals surface area contributed by atoms with Gasteiger partial charge in [-0.2, -0.15) is 0 Å². The van der Waals surface area contributed by atoms with Gasteiger partial charge in [0.05, 0.1) is 12.8 Å². The van der Waals surface area contributed by atoms with Crippen LogP contribution < -0.4 is 10.5 Å². The number of halogens is 2. The second-order valence-corrected chi connectivity index (χ2v) is 4.48. The Hall–Kier alpha value is -2.01. The van der Waals surface area contributed by atoms with Crippen molar-refractivity contribution in [3.63, 3.8) is 0 Å². The van der Waals surface area contributed by atoms with Crippen molar-refractivity contribution < 1.29 is 13.5 Å². The molecule has 0 saturated carbocycles. The molecule has 0 saturated heterocycles. The Morgan fingerprint density at radius 3 is 2.50 bits per heavy atom. The minimum Gasteiger partial charge on any atom is -0.492 e. The number of benzene rings is 1. The summed E-state index contributed by atoms with van der Waals surface area (Å²) >= 11 is 0. The Morgan fingerprint density at radius 1 is 1.15 bits per heavy atom. The number of rotatable bonds is 5. The van der Waals surface area contributed by atoms with Crippen molar-refractivity contribution in [2.45, 2.75) is 19.4 Å². The number of nitrogens with zero attached hydrogens (tertiary/aromatic N) is 1. The highest BCUT2D eigenvalue weighted by Crippen LogP contribution is 2.20. The first kappa shape index (κ1) is 14.4. The van der Waals surface area contributed by atoms with Crippen molar-refractivity contribution in [2.75, 3.05) is 6.61 Å². The molecule has 0 aliphatic heterocycles. The van der Waals surface area contributed by atoms with Crippen molar-refractivity contribution in [1.82, 2.24) is 4.98 Å². The molecule has 1 atom stereocenters. The van der Waals surface area contributed by atoms with E-state index in [1.54, 1.807) is 18.5 Å². The normalized spacial score (nSPS) is 12.2. The molecule has 2 aromatic rings. The fraction of sp³-hybridized carbons (Fsp3) is 0.267. The standard InChI is InChI=1S/C15H16F2N2O/c1-2-20-14-6-11(8-19-9-14)15(18)5-10-3-12(16)7-13(17)4-10/h3-4,6-9,15H,2,5,18H2,1H3. The fourth-order valence-corrected chi connectivity index (χ4v) is 1.98. The zero-order valence-electron chi connectivity index (χ0n) is 11.1. The predicted molar refractivity (Wildman–Crippen MR) is 72.4 cm³/mol. The lowest BCUT2D eigenvalue weighted by atomic mass is 10.0. The average molecular weight is 278 g/mol. The molecule has 0 radical (unpaired) electrons. The highest BCUT2D eigenvalue weighted by Gasteiger charge is 2.10. The predicted octanol–water partition coefficient (Wildman–Crippen LogP) is 3.00. The minimum absolute atomic E-state index is 0.325. The van der Waals surface area contributed by atoms with E-state index in [1.165, 1.54) is 12.1 Å². The summed E-state index contributed by atoms with van der Waals surface area (Å²) in [4.78, 5) is 4.05. The molecule has 2 rings (SSSR count). The summed E-state index contributed by atoms with van der Waals surface area (Å²) in [5, 5.41) is 0. The largest absolute Gasteiger partial charge is 0.492 e. The van der Waals surface area contributed by atoms with Gasteiger partial charge in [0.1, 0.15) is 17.4 Å². The Balaban J connectivity index is 2.14. The van der Waals surface area contributed by atoms with Gasteiger partial charge in [-0.25, -0.2) is 8.78 Å². The van der Waals surface area contributed by atoms with Crippen molar-refractivity contribution in [3.05, 3.63) is 59.4 Å². The number of pyridine rings is 1. The maximum atomic E-state index is 13.1. The molecule has 106 valence electrons. The zero-order chi connectivity index (χ0) is 14.5. The van der Waals surface area contributed by atoms with Crippen LogP contribution in [0, 0.1) is 11.6 Å². The van der Waals surface area contributed by atoms with Crippen LogP contribution in [-0.4, -0.2) is 11.6 Å². The second-order valence-electron chi connectivity index (χ2n) is 4.48. The van der Waals surface area contributed by atoms with Gasteiger partial charge in [0.2, 0.25) is 0 Å². The Labute approximate surface area is 116 Å². The minimum atomic E-state index is -0.603. The third-order valence-electron chi connectivity index (χ3n) is 2.85. The highest BCUT2D eigenvalue weighted by molar-refractivity contribution is 5.28. The molecular weight excluding hydrogens is 262 g/mol. The molecule has 1 heterocycles. The van der Waals surface area contributed by atoms with Crippen molar-refractivity contribution >= 4 is 0 Å². The topological polar surface area (TPSA) is 48.1 Å². The van der Waals surface area contributed by atoms with Crippen LogP contribution in [-0.2, 0) is 6.42 Å². The maximum Gasteiger partial charge on any atom is 0.137 e. The Bertz CT molecular complexity index is 570. The van der Waals surface area contributed by atoms with E-state index in [0.29, 0.717) is 24.3 Å². The number of hydrogen-bond acceptors (Lipinski definition) is 3. The van der Waals surface area contributed by atoms with Gasteiger partial charge in [0, 0.05) is 18.3 Å². The molecular formula is C15H16F2N2O. The van der Waals surface area contributed by atoms with Gasteiger partial charge >= 0.3 is 0 Å². The summed E-state index contributed by atoms with van der Waals surface area (Å²) in [6.07, 6.45) is 3.55. The van der Waals surface area contributed by atoms with Crippen molar-refractivity contribution in [2.24, 2.45) is 5.73 Å². The van der Waals surface area contributed by atoms with Crippen LogP contribution in [0.2, 0.25) is 0 Å². The number of nitrogens with two attached hydrogens (primary N) is 1. The van der Waals surface area contributed by atoms with Gasteiger partial charge < -0.3 is 10.5 Å². The van der Waals surface area contributed by atoms with Crippen LogP contribution in [0.5, 0.6) is 5.75 Å². The summed E-state index contributed by atoms with van der Waals surface area (Å²) < 4.78 is 31.6. The Morgan fingerprint density at radius 2 is 1.85 bits per heavy atom. The lowest BCUT2D eigenvalue weighted by Crippen LogP contribution is -2.14. The highest BCUT2D eigenvalue weighted by atomic mass is 19.1. The molecule has 0 fully saturated rings.